The van der Waals surface area contributed by atoms with Gasteiger partial charge in [0.1, 0.15) is 5.82 Å². The van der Waals surface area contributed by atoms with E-state index in [0.717, 1.165) is 22.8 Å². The van der Waals surface area contributed by atoms with Gasteiger partial charge in [-0.05, 0) is 25.3 Å². The van der Waals surface area contributed by atoms with Gasteiger partial charge in [0.25, 0.3) is 5.91 Å². The van der Waals surface area contributed by atoms with E-state index in [4.69, 9.17) is 0 Å². The van der Waals surface area contributed by atoms with Crippen LogP contribution in [0.2, 0.25) is 0 Å². The fraction of sp³-hybridized carbons (Fsp3) is 0.286. The van der Waals surface area contributed by atoms with Crippen LogP contribution in [0, 0.1) is 6.92 Å². The van der Waals surface area contributed by atoms with Crippen LogP contribution in [0.4, 0.5) is 0 Å². The molecular weight excluding hydrogens is 258 g/mol. The summed E-state index contributed by atoms with van der Waals surface area (Å²) in [5.74, 6) is 0.932. The van der Waals surface area contributed by atoms with E-state index in [0.29, 0.717) is 6.54 Å². The van der Waals surface area contributed by atoms with E-state index in [9.17, 15) is 4.79 Å². The molecule has 1 N–H and O–H groups in total. The third-order valence-electron chi connectivity index (χ3n) is 2.91. The minimum Gasteiger partial charge on any atom is -0.350 e. The summed E-state index contributed by atoms with van der Waals surface area (Å²) in [7, 11) is 0. The number of nitrogens with one attached hydrogen (secondary N) is 1. The maximum Gasteiger partial charge on any atom is 0.252 e. The number of hydrogen-bond donors (Lipinski definition) is 1. The molecule has 19 heavy (non-hydrogen) atoms. The van der Waals surface area contributed by atoms with Crippen molar-refractivity contribution in [1.29, 1.82) is 0 Å². The summed E-state index contributed by atoms with van der Waals surface area (Å²) in [6.45, 7) is 3.28. The summed E-state index contributed by atoms with van der Waals surface area (Å²) < 4.78 is 2.01. The second-order valence-electron chi connectivity index (χ2n) is 4.12. The van der Waals surface area contributed by atoms with E-state index >= 15 is 0 Å². The predicted octanol–water partition coefficient (Wildman–Crippen LogP) is 2.34. The number of nitrogens with zero attached hydrogens (tertiary/aromatic N) is 2. The second-order valence-corrected chi connectivity index (χ2v) is 4.97. The topological polar surface area (TPSA) is 46.9 Å². The van der Waals surface area contributed by atoms with Crippen LogP contribution in [0.1, 0.15) is 16.2 Å². The van der Waals surface area contributed by atoms with Crippen LogP contribution in [0.15, 0.2) is 41.6 Å². The SMILES string of the molecule is CSc1ccccc1C(=O)NCCn1ccnc1C. The Morgan fingerprint density at radius 2 is 2.21 bits per heavy atom. The fourth-order valence-electron chi connectivity index (χ4n) is 1.86. The fourth-order valence-corrected chi connectivity index (χ4v) is 2.45. The van der Waals surface area contributed by atoms with Crippen molar-refractivity contribution in [1.82, 2.24) is 14.9 Å². The first kappa shape index (κ1) is 13.7. The molecule has 0 radical (unpaired) electrons. The average molecular weight is 275 g/mol. The molecule has 5 heteroatoms. The summed E-state index contributed by atoms with van der Waals surface area (Å²) >= 11 is 1.58. The molecule has 1 amide bonds. The standard InChI is InChI=1S/C14H17N3OS/c1-11-15-7-9-17(11)10-8-16-14(18)12-5-3-4-6-13(12)19-2/h3-7,9H,8,10H2,1-2H3,(H,16,18). The molecule has 0 atom stereocenters. The Balaban J connectivity index is 1.93. The number of benzene rings is 1. The van der Waals surface area contributed by atoms with Gasteiger partial charge in [-0.2, -0.15) is 0 Å². The summed E-state index contributed by atoms with van der Waals surface area (Å²) in [5, 5.41) is 2.94. The van der Waals surface area contributed by atoms with Crippen LogP contribution in [0.5, 0.6) is 0 Å². The Kier molecular flexibility index (Phi) is 4.63. The zero-order valence-electron chi connectivity index (χ0n) is 11.1. The lowest BCUT2D eigenvalue weighted by molar-refractivity contribution is 0.0949. The maximum atomic E-state index is 12.1. The van der Waals surface area contributed by atoms with E-state index in [1.54, 1.807) is 18.0 Å². The molecule has 0 fully saturated rings. The Morgan fingerprint density at radius 3 is 2.89 bits per heavy atom. The number of aromatic nitrogens is 2. The largest absolute Gasteiger partial charge is 0.350 e. The Labute approximate surface area is 117 Å². The number of aryl methyl sites for hydroxylation is 1. The number of carbonyl (C=O) groups excluding carboxylic acids is 1. The molecule has 1 aromatic carbocycles. The monoisotopic (exact) mass is 275 g/mol. The molecule has 0 aliphatic carbocycles. The minimum atomic E-state index is -0.0253. The van der Waals surface area contributed by atoms with Crippen molar-refractivity contribution in [3.8, 4) is 0 Å². The molecule has 0 bridgehead atoms. The van der Waals surface area contributed by atoms with Crippen LogP contribution in [-0.4, -0.2) is 28.3 Å². The summed E-state index contributed by atoms with van der Waals surface area (Å²) in [4.78, 5) is 17.2. The molecule has 4 nitrogen and oxygen atoms in total. The number of carbonyl (C=O) groups is 1. The molecule has 0 saturated heterocycles. The number of imidazole rings is 1. The first-order chi connectivity index (χ1) is 9.22. The number of rotatable bonds is 5. The van der Waals surface area contributed by atoms with Crippen molar-refractivity contribution < 1.29 is 4.79 Å². The van der Waals surface area contributed by atoms with Crippen molar-refractivity contribution >= 4 is 17.7 Å². The van der Waals surface area contributed by atoms with Crippen LogP contribution < -0.4 is 5.32 Å². The third-order valence-corrected chi connectivity index (χ3v) is 3.71. The quantitative estimate of drug-likeness (QED) is 0.852. The van der Waals surface area contributed by atoms with Crippen molar-refractivity contribution in [2.75, 3.05) is 12.8 Å². The first-order valence-corrected chi connectivity index (χ1v) is 7.34. The van der Waals surface area contributed by atoms with Crippen LogP contribution >= 0.6 is 11.8 Å². The highest BCUT2D eigenvalue weighted by Crippen LogP contribution is 2.19. The van der Waals surface area contributed by atoms with Crippen molar-refractivity contribution in [2.24, 2.45) is 0 Å². The van der Waals surface area contributed by atoms with Gasteiger partial charge in [-0.15, -0.1) is 11.8 Å². The summed E-state index contributed by atoms with van der Waals surface area (Å²) in [6, 6.07) is 7.63. The number of hydrogen-bond acceptors (Lipinski definition) is 3. The predicted molar refractivity (Wildman–Crippen MR) is 77.5 cm³/mol. The molecule has 0 aliphatic heterocycles. The Hall–Kier alpha value is -1.75. The molecule has 1 aromatic heterocycles. The molecule has 0 saturated carbocycles. The van der Waals surface area contributed by atoms with E-state index in [-0.39, 0.29) is 5.91 Å². The van der Waals surface area contributed by atoms with Gasteiger partial charge < -0.3 is 9.88 Å². The maximum absolute atomic E-state index is 12.1. The van der Waals surface area contributed by atoms with Gasteiger partial charge in [0.2, 0.25) is 0 Å². The lowest BCUT2D eigenvalue weighted by atomic mass is 10.2. The summed E-state index contributed by atoms with van der Waals surface area (Å²) in [5.41, 5.74) is 0.734. The van der Waals surface area contributed by atoms with E-state index < -0.39 is 0 Å². The van der Waals surface area contributed by atoms with Gasteiger partial charge in [-0.3, -0.25) is 4.79 Å². The van der Waals surface area contributed by atoms with Crippen LogP contribution in [0.25, 0.3) is 0 Å². The highest BCUT2D eigenvalue weighted by Gasteiger charge is 2.09. The van der Waals surface area contributed by atoms with E-state index in [1.165, 1.54) is 0 Å². The molecular formula is C14H17N3OS. The smallest absolute Gasteiger partial charge is 0.252 e. The molecule has 100 valence electrons. The van der Waals surface area contributed by atoms with E-state index in [2.05, 4.69) is 10.3 Å². The van der Waals surface area contributed by atoms with Gasteiger partial charge in [-0.1, -0.05) is 12.1 Å². The molecule has 2 aromatic rings. The van der Waals surface area contributed by atoms with Crippen LogP contribution in [-0.2, 0) is 6.54 Å². The summed E-state index contributed by atoms with van der Waals surface area (Å²) in [6.07, 6.45) is 5.65. The van der Waals surface area contributed by atoms with Crippen molar-refractivity contribution in [3.63, 3.8) is 0 Å². The number of thioether (sulfide) groups is 1. The van der Waals surface area contributed by atoms with Crippen molar-refractivity contribution in [2.45, 2.75) is 18.4 Å². The molecule has 0 unspecified atom stereocenters. The molecule has 2 rings (SSSR count). The zero-order valence-corrected chi connectivity index (χ0v) is 11.9. The Bertz CT molecular complexity index is 565. The van der Waals surface area contributed by atoms with Gasteiger partial charge in [-0.25, -0.2) is 4.98 Å². The Morgan fingerprint density at radius 1 is 1.42 bits per heavy atom. The number of amides is 1. The first-order valence-electron chi connectivity index (χ1n) is 6.11. The third kappa shape index (κ3) is 3.38. The van der Waals surface area contributed by atoms with Crippen LogP contribution in [0.3, 0.4) is 0 Å². The lowest BCUT2D eigenvalue weighted by Gasteiger charge is -2.09. The lowest BCUT2D eigenvalue weighted by Crippen LogP contribution is -2.27. The van der Waals surface area contributed by atoms with Gasteiger partial charge >= 0.3 is 0 Å². The zero-order chi connectivity index (χ0) is 13.7. The van der Waals surface area contributed by atoms with Gasteiger partial charge in [0.15, 0.2) is 0 Å². The van der Waals surface area contributed by atoms with Gasteiger partial charge in [0.05, 0.1) is 5.56 Å². The highest BCUT2D eigenvalue weighted by molar-refractivity contribution is 7.98. The van der Waals surface area contributed by atoms with E-state index in [1.807, 2.05) is 48.2 Å². The highest BCUT2D eigenvalue weighted by atomic mass is 32.2. The second kappa shape index (κ2) is 6.43. The normalized spacial score (nSPS) is 10.4. The molecule has 0 spiro atoms. The molecule has 0 aliphatic rings. The van der Waals surface area contributed by atoms with Crippen molar-refractivity contribution in [3.05, 3.63) is 48.0 Å². The average Bonchev–Trinajstić information content (AvgIpc) is 2.84. The molecule has 1 heterocycles. The van der Waals surface area contributed by atoms with Gasteiger partial charge in [0, 0.05) is 30.4 Å². The minimum absolute atomic E-state index is 0.0253.